The minimum atomic E-state index is -0.742. The van der Waals surface area contributed by atoms with E-state index >= 15 is 0 Å². The summed E-state index contributed by atoms with van der Waals surface area (Å²) >= 11 is 0. The van der Waals surface area contributed by atoms with Gasteiger partial charge in [0.1, 0.15) is 0 Å². The lowest BCUT2D eigenvalue weighted by atomic mass is 9.98. The summed E-state index contributed by atoms with van der Waals surface area (Å²) in [5.74, 6) is -1.27. The first-order valence-corrected chi connectivity index (χ1v) is 8.44. The molecule has 2 heterocycles. The maximum absolute atomic E-state index is 11.8. The van der Waals surface area contributed by atoms with Gasteiger partial charge in [0.05, 0.1) is 12.1 Å². The predicted molar refractivity (Wildman–Crippen MR) is 85.5 cm³/mol. The molecule has 2 N–H and O–H groups in total. The monoisotopic (exact) mass is 320 g/mol. The van der Waals surface area contributed by atoms with E-state index in [2.05, 4.69) is 4.90 Å². The number of aliphatic carboxylic acids is 1. The van der Waals surface area contributed by atoms with Gasteiger partial charge in [-0.15, -0.1) is 0 Å². The van der Waals surface area contributed by atoms with Crippen molar-refractivity contribution in [2.75, 3.05) is 13.1 Å². The number of carbonyl (C=O) groups is 1. The summed E-state index contributed by atoms with van der Waals surface area (Å²) in [6.45, 7) is 1.94. The predicted octanol–water partition coefficient (Wildman–Crippen LogP) is 1.97. The van der Waals surface area contributed by atoms with Crippen LogP contribution in [0.15, 0.2) is 17.1 Å². The number of carboxylic acid groups (broad SMARTS) is 1. The van der Waals surface area contributed by atoms with Crippen LogP contribution in [0.25, 0.3) is 0 Å². The van der Waals surface area contributed by atoms with E-state index in [0.717, 1.165) is 37.9 Å². The van der Waals surface area contributed by atoms with E-state index in [0.29, 0.717) is 19.1 Å². The lowest BCUT2D eigenvalue weighted by Gasteiger charge is -2.32. The summed E-state index contributed by atoms with van der Waals surface area (Å²) in [6, 6.07) is 1.84. The lowest BCUT2D eigenvalue weighted by Crippen LogP contribution is -2.39. The maximum atomic E-state index is 11.8. The number of likely N-dealkylation sites (tertiary alicyclic amines) is 1. The Kier molecular flexibility index (Phi) is 4.71. The number of hydrogen-bond acceptors (Lipinski definition) is 4. The largest absolute Gasteiger partial charge is 0.503 e. The molecule has 1 aromatic heterocycles. The van der Waals surface area contributed by atoms with Crippen LogP contribution in [-0.2, 0) is 11.3 Å². The number of aromatic hydroxyl groups is 1. The van der Waals surface area contributed by atoms with Gasteiger partial charge in [0.15, 0.2) is 5.75 Å². The van der Waals surface area contributed by atoms with E-state index in [1.807, 2.05) is 4.57 Å². The summed E-state index contributed by atoms with van der Waals surface area (Å²) < 4.78 is 2.04. The third-order valence-electron chi connectivity index (χ3n) is 5.10. The third-order valence-corrected chi connectivity index (χ3v) is 5.10. The van der Waals surface area contributed by atoms with E-state index in [-0.39, 0.29) is 17.1 Å². The zero-order chi connectivity index (χ0) is 16.4. The molecule has 0 radical (unpaired) electrons. The molecule has 1 aliphatic heterocycles. The van der Waals surface area contributed by atoms with Gasteiger partial charge in [-0.25, -0.2) is 0 Å². The van der Waals surface area contributed by atoms with Crippen LogP contribution in [0.3, 0.4) is 0 Å². The number of rotatable bonds is 4. The van der Waals surface area contributed by atoms with Crippen molar-refractivity contribution in [1.29, 1.82) is 0 Å². The molecule has 23 heavy (non-hydrogen) atoms. The smallest absolute Gasteiger partial charge is 0.307 e. The van der Waals surface area contributed by atoms with Crippen LogP contribution in [0, 0.1) is 5.92 Å². The second-order valence-corrected chi connectivity index (χ2v) is 6.77. The molecule has 0 spiro atoms. The van der Waals surface area contributed by atoms with Gasteiger partial charge in [-0.2, -0.15) is 0 Å². The molecule has 1 saturated heterocycles. The van der Waals surface area contributed by atoms with Gasteiger partial charge < -0.3 is 14.8 Å². The Morgan fingerprint density at radius 1 is 1.22 bits per heavy atom. The molecule has 6 heteroatoms. The van der Waals surface area contributed by atoms with Crippen LogP contribution < -0.4 is 5.43 Å². The lowest BCUT2D eigenvalue weighted by molar-refractivity contribution is -0.143. The van der Waals surface area contributed by atoms with Crippen molar-refractivity contribution in [3.05, 3.63) is 28.2 Å². The highest BCUT2D eigenvalue weighted by molar-refractivity contribution is 5.70. The van der Waals surface area contributed by atoms with Crippen molar-refractivity contribution in [1.82, 2.24) is 9.47 Å². The van der Waals surface area contributed by atoms with Crippen LogP contribution in [-0.4, -0.2) is 38.7 Å². The molecule has 0 bridgehead atoms. The van der Waals surface area contributed by atoms with E-state index < -0.39 is 5.97 Å². The summed E-state index contributed by atoms with van der Waals surface area (Å²) in [7, 11) is 0. The minimum Gasteiger partial charge on any atom is -0.503 e. The van der Waals surface area contributed by atoms with Crippen LogP contribution in [0.1, 0.15) is 50.3 Å². The van der Waals surface area contributed by atoms with Gasteiger partial charge in [-0.05, 0) is 32.2 Å². The third kappa shape index (κ3) is 3.58. The fraction of sp³-hybridized carbons (Fsp3) is 0.647. The fourth-order valence-corrected chi connectivity index (χ4v) is 3.86. The number of aromatic nitrogens is 1. The standard InChI is InChI=1S/C17H24N2O4/c20-15-8-14(10-18-7-3-4-12(9-18)17(22)23)19(11-16(15)21)13-5-1-2-6-13/h8,11-13,21H,1-7,9-10H2,(H,22,23). The molecule has 126 valence electrons. The Morgan fingerprint density at radius 2 is 1.96 bits per heavy atom. The summed E-state index contributed by atoms with van der Waals surface area (Å²) in [5, 5.41) is 19.0. The van der Waals surface area contributed by atoms with Crippen LogP contribution >= 0.6 is 0 Å². The number of nitrogens with zero attached hydrogens (tertiary/aromatic N) is 2. The average molecular weight is 320 g/mol. The Labute approximate surface area is 135 Å². The zero-order valence-electron chi connectivity index (χ0n) is 13.3. The van der Waals surface area contributed by atoms with Crippen LogP contribution in [0.2, 0.25) is 0 Å². The second kappa shape index (κ2) is 6.74. The van der Waals surface area contributed by atoms with Gasteiger partial charge in [0.25, 0.3) is 0 Å². The van der Waals surface area contributed by atoms with Crippen molar-refractivity contribution >= 4 is 5.97 Å². The zero-order valence-corrected chi connectivity index (χ0v) is 13.3. The number of carboxylic acids is 1. The first kappa shape index (κ1) is 16.1. The first-order valence-electron chi connectivity index (χ1n) is 8.44. The molecule has 6 nitrogen and oxygen atoms in total. The molecular formula is C17H24N2O4. The molecule has 3 rings (SSSR count). The van der Waals surface area contributed by atoms with E-state index in [4.69, 9.17) is 0 Å². The topological polar surface area (TPSA) is 82.8 Å². The molecular weight excluding hydrogens is 296 g/mol. The van der Waals surface area contributed by atoms with E-state index in [1.165, 1.54) is 18.9 Å². The Morgan fingerprint density at radius 3 is 2.65 bits per heavy atom. The molecule has 2 fully saturated rings. The molecule has 0 amide bonds. The van der Waals surface area contributed by atoms with Crippen molar-refractivity contribution in [2.24, 2.45) is 5.92 Å². The Balaban J connectivity index is 1.82. The van der Waals surface area contributed by atoms with Gasteiger partial charge >= 0.3 is 5.97 Å². The molecule has 2 aliphatic rings. The molecule has 1 aliphatic carbocycles. The van der Waals surface area contributed by atoms with Gasteiger partial charge in [0, 0.05) is 30.9 Å². The molecule has 1 atom stereocenters. The van der Waals surface area contributed by atoms with Crippen molar-refractivity contribution < 1.29 is 15.0 Å². The second-order valence-electron chi connectivity index (χ2n) is 6.77. The van der Waals surface area contributed by atoms with Gasteiger partial charge in [-0.1, -0.05) is 12.8 Å². The molecule has 1 aromatic rings. The summed E-state index contributed by atoms with van der Waals surface area (Å²) in [6.07, 6.45) is 7.61. The Bertz CT molecular complexity index is 634. The van der Waals surface area contributed by atoms with Gasteiger partial charge in [-0.3, -0.25) is 14.5 Å². The Hall–Kier alpha value is -1.82. The number of hydrogen-bond donors (Lipinski definition) is 2. The van der Waals surface area contributed by atoms with Crippen molar-refractivity contribution in [3.8, 4) is 5.75 Å². The average Bonchev–Trinajstić information content (AvgIpc) is 3.05. The van der Waals surface area contributed by atoms with Crippen LogP contribution in [0.4, 0.5) is 0 Å². The normalized spacial score (nSPS) is 23.2. The van der Waals surface area contributed by atoms with Crippen molar-refractivity contribution in [2.45, 2.75) is 51.1 Å². The quantitative estimate of drug-likeness (QED) is 0.886. The summed E-state index contributed by atoms with van der Waals surface area (Å²) in [5.41, 5.74) is 0.520. The fourth-order valence-electron chi connectivity index (χ4n) is 3.86. The molecule has 1 unspecified atom stereocenters. The number of piperidine rings is 1. The first-order chi connectivity index (χ1) is 11.0. The highest BCUT2D eigenvalue weighted by atomic mass is 16.4. The van der Waals surface area contributed by atoms with E-state index in [9.17, 15) is 19.8 Å². The minimum absolute atomic E-state index is 0.206. The molecule has 1 saturated carbocycles. The SMILES string of the molecule is O=C(O)C1CCCN(Cc2cc(=O)c(O)cn2C2CCCC2)C1. The van der Waals surface area contributed by atoms with Gasteiger partial charge in [0.2, 0.25) is 5.43 Å². The maximum Gasteiger partial charge on any atom is 0.307 e. The van der Waals surface area contributed by atoms with Crippen molar-refractivity contribution in [3.63, 3.8) is 0 Å². The molecule has 0 aromatic carbocycles. The summed E-state index contributed by atoms with van der Waals surface area (Å²) in [4.78, 5) is 25.2. The highest BCUT2D eigenvalue weighted by Crippen LogP contribution is 2.31. The van der Waals surface area contributed by atoms with E-state index in [1.54, 1.807) is 6.20 Å². The van der Waals surface area contributed by atoms with Crippen LogP contribution in [0.5, 0.6) is 5.75 Å². The highest BCUT2D eigenvalue weighted by Gasteiger charge is 2.27. The number of pyridine rings is 1.